The Morgan fingerprint density at radius 3 is 2.61 bits per heavy atom. The summed E-state index contributed by atoms with van der Waals surface area (Å²) in [5.41, 5.74) is -0.114. The van der Waals surface area contributed by atoms with Crippen molar-refractivity contribution in [3.8, 4) is 0 Å². The number of aliphatic hydroxyl groups is 2. The van der Waals surface area contributed by atoms with Crippen molar-refractivity contribution >= 4 is 0 Å². The topological polar surface area (TPSA) is 53.0 Å². The van der Waals surface area contributed by atoms with Gasteiger partial charge in [-0.05, 0) is 54.3 Å². The molecule has 130 valence electrons. The fraction of sp³-hybridized carbons (Fsp3) is 0.900. The summed E-state index contributed by atoms with van der Waals surface area (Å²) >= 11 is 0. The first-order valence-corrected chi connectivity index (χ1v) is 9.35. The lowest BCUT2D eigenvalue weighted by molar-refractivity contribution is -0.167. The molecular formula is C20H32O3. The van der Waals surface area contributed by atoms with Crippen molar-refractivity contribution in [2.75, 3.05) is 6.61 Å². The Morgan fingerprint density at radius 1 is 1.22 bits per heavy atom. The van der Waals surface area contributed by atoms with Gasteiger partial charge >= 0.3 is 0 Å². The van der Waals surface area contributed by atoms with Gasteiger partial charge in [0.25, 0.3) is 0 Å². The van der Waals surface area contributed by atoms with Crippen LogP contribution in [0.5, 0.6) is 0 Å². The predicted octanol–water partition coefficient (Wildman–Crippen LogP) is 3.30. The second-order valence-corrected chi connectivity index (χ2v) is 9.76. The highest BCUT2D eigenvalue weighted by Gasteiger charge is 2.77. The zero-order chi connectivity index (χ0) is 16.7. The Kier molecular flexibility index (Phi) is 3.23. The van der Waals surface area contributed by atoms with Gasteiger partial charge in [-0.3, -0.25) is 0 Å². The molecular weight excluding hydrogens is 288 g/mol. The molecule has 8 atom stereocenters. The van der Waals surface area contributed by atoms with Crippen molar-refractivity contribution in [3.05, 3.63) is 12.7 Å². The van der Waals surface area contributed by atoms with E-state index in [9.17, 15) is 10.2 Å². The van der Waals surface area contributed by atoms with E-state index in [2.05, 4.69) is 33.4 Å². The van der Waals surface area contributed by atoms with Gasteiger partial charge in [0.15, 0.2) is 0 Å². The van der Waals surface area contributed by atoms with Gasteiger partial charge in [0.2, 0.25) is 0 Å². The highest BCUT2D eigenvalue weighted by Crippen LogP contribution is 2.72. The van der Waals surface area contributed by atoms with Crippen LogP contribution >= 0.6 is 0 Å². The SMILES string of the molecule is C=C[C@@]1(C)CC[C@@H]2[C@]3(C)CCC[C@](C)(CO)[C@H]3[C@H](O)[C@H]3O[C@]32C1. The van der Waals surface area contributed by atoms with Gasteiger partial charge in [0.1, 0.15) is 11.7 Å². The molecule has 2 N–H and O–H groups in total. The molecule has 1 aliphatic heterocycles. The van der Waals surface area contributed by atoms with Crippen LogP contribution in [0.25, 0.3) is 0 Å². The van der Waals surface area contributed by atoms with E-state index in [1.807, 2.05) is 0 Å². The quantitative estimate of drug-likeness (QED) is 0.606. The van der Waals surface area contributed by atoms with Gasteiger partial charge in [-0.2, -0.15) is 0 Å². The molecule has 0 aromatic rings. The van der Waals surface area contributed by atoms with Crippen LogP contribution in [0.1, 0.15) is 59.3 Å². The average molecular weight is 320 g/mol. The van der Waals surface area contributed by atoms with E-state index in [-0.39, 0.29) is 40.5 Å². The van der Waals surface area contributed by atoms with Crippen LogP contribution in [0.15, 0.2) is 12.7 Å². The zero-order valence-corrected chi connectivity index (χ0v) is 14.8. The maximum atomic E-state index is 11.2. The van der Waals surface area contributed by atoms with Crippen molar-refractivity contribution in [1.29, 1.82) is 0 Å². The maximum Gasteiger partial charge on any atom is 0.114 e. The van der Waals surface area contributed by atoms with Crippen molar-refractivity contribution in [2.45, 2.75) is 77.1 Å². The van der Waals surface area contributed by atoms with Crippen LogP contribution in [0.3, 0.4) is 0 Å². The number of fused-ring (bicyclic) bond motifs is 2. The number of ether oxygens (including phenoxy) is 1. The third-order valence-corrected chi connectivity index (χ3v) is 8.27. The van der Waals surface area contributed by atoms with Crippen molar-refractivity contribution in [1.82, 2.24) is 0 Å². The fourth-order valence-electron chi connectivity index (χ4n) is 7.13. The van der Waals surface area contributed by atoms with Crippen molar-refractivity contribution in [3.63, 3.8) is 0 Å². The zero-order valence-electron chi connectivity index (χ0n) is 14.8. The number of rotatable bonds is 2. The molecule has 3 aliphatic carbocycles. The summed E-state index contributed by atoms with van der Waals surface area (Å²) in [5.74, 6) is 0.653. The largest absolute Gasteiger partial charge is 0.396 e. The first kappa shape index (κ1) is 16.1. The van der Waals surface area contributed by atoms with E-state index in [0.29, 0.717) is 5.92 Å². The molecule has 3 heteroatoms. The second-order valence-electron chi connectivity index (χ2n) is 9.76. The van der Waals surface area contributed by atoms with Crippen LogP contribution in [-0.4, -0.2) is 34.6 Å². The Morgan fingerprint density at radius 2 is 1.96 bits per heavy atom. The minimum atomic E-state index is -0.444. The van der Waals surface area contributed by atoms with Gasteiger partial charge < -0.3 is 14.9 Å². The molecule has 3 nitrogen and oxygen atoms in total. The molecule has 1 saturated heterocycles. The number of allylic oxidation sites excluding steroid dienone is 1. The average Bonchev–Trinajstić information content (AvgIpc) is 3.20. The lowest BCUT2D eigenvalue weighted by Gasteiger charge is -2.61. The number of epoxide rings is 1. The molecule has 4 aliphatic rings. The molecule has 0 radical (unpaired) electrons. The highest BCUT2D eigenvalue weighted by atomic mass is 16.6. The molecule has 3 saturated carbocycles. The Balaban J connectivity index is 1.75. The van der Waals surface area contributed by atoms with Gasteiger partial charge in [-0.1, -0.05) is 33.3 Å². The summed E-state index contributed by atoms with van der Waals surface area (Å²) in [6.45, 7) is 11.0. The van der Waals surface area contributed by atoms with Crippen molar-refractivity contribution in [2.24, 2.45) is 28.1 Å². The standard InChI is InChI=1S/C20H32O3/c1-5-17(2)10-7-13-19(4)9-6-8-18(3,12-21)15(19)14(22)16-20(13,11-17)23-16/h5,13-16,21-22H,1,6-12H2,2-4H3/t13-,14+,15-,16-,17+,18-,19+,20+/m1/s1. The minimum absolute atomic E-state index is 0.0332. The smallest absolute Gasteiger partial charge is 0.114 e. The lowest BCUT2D eigenvalue weighted by Crippen LogP contribution is -2.64. The van der Waals surface area contributed by atoms with Crippen LogP contribution in [0, 0.1) is 28.1 Å². The van der Waals surface area contributed by atoms with Gasteiger partial charge in [0, 0.05) is 12.5 Å². The number of hydrogen-bond donors (Lipinski definition) is 2. The molecule has 0 aromatic carbocycles. The monoisotopic (exact) mass is 320 g/mol. The highest BCUT2D eigenvalue weighted by molar-refractivity contribution is 5.26. The van der Waals surface area contributed by atoms with Crippen LogP contribution < -0.4 is 0 Å². The van der Waals surface area contributed by atoms with Crippen molar-refractivity contribution < 1.29 is 14.9 Å². The Labute approximate surface area is 140 Å². The summed E-state index contributed by atoms with van der Waals surface area (Å²) in [7, 11) is 0. The van der Waals surface area contributed by atoms with Gasteiger partial charge in [-0.15, -0.1) is 6.58 Å². The first-order chi connectivity index (χ1) is 10.7. The Hall–Kier alpha value is -0.380. The van der Waals surface area contributed by atoms with E-state index >= 15 is 0 Å². The Bertz CT molecular complexity index is 533. The molecule has 0 aromatic heterocycles. The summed E-state index contributed by atoms with van der Waals surface area (Å²) < 4.78 is 6.29. The molecule has 0 unspecified atom stereocenters. The van der Waals surface area contributed by atoms with E-state index in [1.54, 1.807) is 0 Å². The minimum Gasteiger partial charge on any atom is -0.396 e. The third kappa shape index (κ3) is 1.88. The van der Waals surface area contributed by atoms with Gasteiger partial charge in [-0.25, -0.2) is 0 Å². The normalized spacial score (nSPS) is 61.1. The van der Waals surface area contributed by atoms with E-state index < -0.39 is 6.10 Å². The van der Waals surface area contributed by atoms with E-state index in [4.69, 9.17) is 4.74 Å². The number of aliphatic hydroxyl groups excluding tert-OH is 2. The second kappa shape index (κ2) is 4.62. The van der Waals surface area contributed by atoms with E-state index in [0.717, 1.165) is 38.5 Å². The molecule has 4 rings (SSSR count). The van der Waals surface area contributed by atoms with Crippen LogP contribution in [0.4, 0.5) is 0 Å². The summed E-state index contributed by atoms with van der Waals surface area (Å²) in [5, 5.41) is 21.2. The molecule has 1 spiro atoms. The van der Waals surface area contributed by atoms with Gasteiger partial charge in [0.05, 0.1) is 6.10 Å². The summed E-state index contributed by atoms with van der Waals surface area (Å²) in [6.07, 6.45) is 8.23. The summed E-state index contributed by atoms with van der Waals surface area (Å²) in [4.78, 5) is 0. The lowest BCUT2D eigenvalue weighted by atomic mass is 9.42. The molecule has 0 amide bonds. The fourth-order valence-corrected chi connectivity index (χ4v) is 7.13. The molecule has 23 heavy (non-hydrogen) atoms. The van der Waals surface area contributed by atoms with Crippen LogP contribution in [0.2, 0.25) is 0 Å². The third-order valence-electron chi connectivity index (χ3n) is 8.27. The maximum absolute atomic E-state index is 11.2. The number of hydrogen-bond acceptors (Lipinski definition) is 3. The molecule has 4 fully saturated rings. The molecule has 1 heterocycles. The van der Waals surface area contributed by atoms with Crippen LogP contribution in [-0.2, 0) is 4.74 Å². The predicted molar refractivity (Wildman–Crippen MR) is 89.9 cm³/mol. The molecule has 0 bridgehead atoms. The first-order valence-electron chi connectivity index (χ1n) is 9.35. The summed E-state index contributed by atoms with van der Waals surface area (Å²) in [6, 6.07) is 0. The van der Waals surface area contributed by atoms with E-state index in [1.165, 1.54) is 0 Å².